The van der Waals surface area contributed by atoms with Crippen LogP contribution in [0.3, 0.4) is 0 Å². The van der Waals surface area contributed by atoms with Gasteiger partial charge >= 0.3 is 0 Å². The van der Waals surface area contributed by atoms with Gasteiger partial charge in [-0.05, 0) is 33.7 Å². The van der Waals surface area contributed by atoms with Gasteiger partial charge in [0.05, 0.1) is 0 Å². The minimum absolute atomic E-state index is 0.501. The second kappa shape index (κ2) is 7.11. The molecule has 1 heteroatoms. The first-order valence-electron chi connectivity index (χ1n) is 4.75. The van der Waals surface area contributed by atoms with Gasteiger partial charge in [0.25, 0.3) is 0 Å². The van der Waals surface area contributed by atoms with Crippen molar-refractivity contribution in [3.8, 4) is 0 Å². The van der Waals surface area contributed by atoms with E-state index in [4.69, 9.17) is 0 Å². The van der Waals surface area contributed by atoms with E-state index in [1.807, 2.05) is 6.92 Å². The molecule has 1 unspecified atom stereocenters. The lowest BCUT2D eigenvalue weighted by Gasteiger charge is -2.12. The quantitative estimate of drug-likeness (QED) is 0.621. The second-order valence-electron chi connectivity index (χ2n) is 3.11. The van der Waals surface area contributed by atoms with Crippen LogP contribution in [0.1, 0.15) is 34.1 Å². The van der Waals surface area contributed by atoms with Crippen LogP contribution < -0.4 is 5.32 Å². The fourth-order valence-corrected chi connectivity index (χ4v) is 0.914. The summed E-state index contributed by atoms with van der Waals surface area (Å²) < 4.78 is 0. The molecule has 0 radical (unpaired) electrons. The van der Waals surface area contributed by atoms with Crippen molar-refractivity contribution < 1.29 is 0 Å². The summed E-state index contributed by atoms with van der Waals surface area (Å²) in [7, 11) is 0. The highest BCUT2D eigenvalue weighted by atomic mass is 14.9. The SMILES string of the molecule is C/C=C\C=C(/C)C(C)NCCC. The molecular weight excluding hydrogens is 146 g/mol. The molecule has 0 rings (SSSR count). The smallest absolute Gasteiger partial charge is 0.0251 e. The molecule has 0 aliphatic rings. The third-order valence-corrected chi connectivity index (χ3v) is 1.94. The zero-order chi connectivity index (χ0) is 9.40. The first kappa shape index (κ1) is 11.4. The topological polar surface area (TPSA) is 12.0 Å². The summed E-state index contributed by atoms with van der Waals surface area (Å²) in [5, 5.41) is 3.44. The molecule has 1 atom stereocenters. The lowest BCUT2D eigenvalue weighted by Crippen LogP contribution is -2.27. The van der Waals surface area contributed by atoms with Crippen LogP contribution >= 0.6 is 0 Å². The van der Waals surface area contributed by atoms with Gasteiger partial charge in [0, 0.05) is 6.04 Å². The van der Waals surface area contributed by atoms with Crippen molar-refractivity contribution in [3.63, 3.8) is 0 Å². The number of allylic oxidation sites excluding steroid dienone is 3. The third-order valence-electron chi connectivity index (χ3n) is 1.94. The number of hydrogen-bond donors (Lipinski definition) is 1. The predicted octanol–water partition coefficient (Wildman–Crippen LogP) is 2.90. The molecule has 0 amide bonds. The molecule has 12 heavy (non-hydrogen) atoms. The van der Waals surface area contributed by atoms with E-state index in [2.05, 4.69) is 44.3 Å². The zero-order valence-electron chi connectivity index (χ0n) is 8.72. The van der Waals surface area contributed by atoms with Crippen molar-refractivity contribution in [1.82, 2.24) is 5.32 Å². The summed E-state index contributed by atoms with van der Waals surface area (Å²) in [5.41, 5.74) is 1.39. The minimum Gasteiger partial charge on any atom is -0.311 e. The Balaban J connectivity index is 3.82. The summed E-state index contributed by atoms with van der Waals surface area (Å²) in [5.74, 6) is 0. The maximum Gasteiger partial charge on any atom is 0.0251 e. The van der Waals surface area contributed by atoms with E-state index in [0.29, 0.717) is 6.04 Å². The third kappa shape index (κ3) is 5.14. The molecule has 70 valence electrons. The molecule has 1 N–H and O–H groups in total. The highest BCUT2D eigenvalue weighted by Crippen LogP contribution is 2.00. The van der Waals surface area contributed by atoms with Gasteiger partial charge in [0.2, 0.25) is 0 Å². The van der Waals surface area contributed by atoms with E-state index in [1.165, 1.54) is 12.0 Å². The van der Waals surface area contributed by atoms with E-state index < -0.39 is 0 Å². The van der Waals surface area contributed by atoms with Gasteiger partial charge < -0.3 is 5.32 Å². The maximum absolute atomic E-state index is 3.44. The van der Waals surface area contributed by atoms with Gasteiger partial charge in [0.15, 0.2) is 0 Å². The van der Waals surface area contributed by atoms with Crippen molar-refractivity contribution in [2.75, 3.05) is 6.54 Å². The average Bonchev–Trinajstić information content (AvgIpc) is 2.10. The van der Waals surface area contributed by atoms with Gasteiger partial charge in [-0.3, -0.25) is 0 Å². The summed E-state index contributed by atoms with van der Waals surface area (Å²) in [4.78, 5) is 0. The Labute approximate surface area is 76.6 Å². The van der Waals surface area contributed by atoms with Gasteiger partial charge in [-0.15, -0.1) is 0 Å². The van der Waals surface area contributed by atoms with Crippen molar-refractivity contribution in [2.45, 2.75) is 40.2 Å². The summed E-state index contributed by atoms with van der Waals surface area (Å²) in [6.45, 7) is 9.68. The van der Waals surface area contributed by atoms with Crippen LogP contribution in [0, 0.1) is 0 Å². The zero-order valence-corrected chi connectivity index (χ0v) is 8.72. The predicted molar refractivity (Wildman–Crippen MR) is 56.3 cm³/mol. The lowest BCUT2D eigenvalue weighted by molar-refractivity contribution is 0.602. The van der Waals surface area contributed by atoms with Crippen LogP contribution in [0.5, 0.6) is 0 Å². The van der Waals surface area contributed by atoms with Gasteiger partial charge in [-0.25, -0.2) is 0 Å². The summed E-state index contributed by atoms with van der Waals surface area (Å²) in [6, 6.07) is 0.501. The van der Waals surface area contributed by atoms with Crippen LogP contribution in [0.2, 0.25) is 0 Å². The standard InChI is InChI=1S/C11H21N/c1-5-7-8-10(3)11(4)12-9-6-2/h5,7-8,11-12H,6,9H2,1-4H3/b7-5-,10-8+. The molecule has 0 spiro atoms. The van der Waals surface area contributed by atoms with Crippen molar-refractivity contribution in [1.29, 1.82) is 0 Å². The molecule has 1 nitrogen and oxygen atoms in total. The molecule has 0 aromatic carbocycles. The normalized spacial score (nSPS) is 15.5. The number of rotatable bonds is 5. The number of nitrogens with one attached hydrogen (secondary N) is 1. The van der Waals surface area contributed by atoms with Gasteiger partial charge in [-0.2, -0.15) is 0 Å². The van der Waals surface area contributed by atoms with Crippen LogP contribution in [0.25, 0.3) is 0 Å². The largest absolute Gasteiger partial charge is 0.311 e. The van der Waals surface area contributed by atoms with Crippen molar-refractivity contribution in [3.05, 3.63) is 23.8 Å². The monoisotopic (exact) mass is 167 g/mol. The molecule has 0 saturated carbocycles. The molecule has 0 aliphatic carbocycles. The fraction of sp³-hybridized carbons (Fsp3) is 0.636. The van der Waals surface area contributed by atoms with Crippen LogP contribution in [-0.4, -0.2) is 12.6 Å². The summed E-state index contributed by atoms with van der Waals surface area (Å²) in [6.07, 6.45) is 7.49. The molecule has 0 heterocycles. The second-order valence-corrected chi connectivity index (χ2v) is 3.11. The van der Waals surface area contributed by atoms with E-state index in [1.54, 1.807) is 0 Å². The Morgan fingerprint density at radius 2 is 2.17 bits per heavy atom. The number of hydrogen-bond acceptors (Lipinski definition) is 1. The Kier molecular flexibility index (Phi) is 6.78. The Morgan fingerprint density at radius 1 is 1.50 bits per heavy atom. The maximum atomic E-state index is 3.44. The molecule has 0 saturated heterocycles. The molecule has 0 aromatic heterocycles. The van der Waals surface area contributed by atoms with Crippen LogP contribution in [0.15, 0.2) is 23.8 Å². The molecule has 0 aliphatic heterocycles. The lowest BCUT2D eigenvalue weighted by atomic mass is 10.1. The molecular formula is C11H21N. The Morgan fingerprint density at radius 3 is 2.67 bits per heavy atom. The minimum atomic E-state index is 0.501. The van der Waals surface area contributed by atoms with Gasteiger partial charge in [-0.1, -0.05) is 30.7 Å². The van der Waals surface area contributed by atoms with E-state index >= 15 is 0 Å². The molecule has 0 bridgehead atoms. The van der Waals surface area contributed by atoms with Gasteiger partial charge in [0.1, 0.15) is 0 Å². The highest BCUT2D eigenvalue weighted by molar-refractivity contribution is 5.14. The fourth-order valence-electron chi connectivity index (χ4n) is 0.914. The Bertz CT molecular complexity index is 156. The van der Waals surface area contributed by atoms with E-state index in [-0.39, 0.29) is 0 Å². The first-order chi connectivity index (χ1) is 5.72. The molecule has 0 fully saturated rings. The first-order valence-corrected chi connectivity index (χ1v) is 4.75. The van der Waals surface area contributed by atoms with E-state index in [0.717, 1.165) is 6.54 Å². The highest BCUT2D eigenvalue weighted by Gasteiger charge is 1.99. The van der Waals surface area contributed by atoms with Crippen LogP contribution in [0.4, 0.5) is 0 Å². The average molecular weight is 167 g/mol. The molecule has 0 aromatic rings. The summed E-state index contributed by atoms with van der Waals surface area (Å²) >= 11 is 0. The van der Waals surface area contributed by atoms with Crippen LogP contribution in [-0.2, 0) is 0 Å². The Hall–Kier alpha value is -0.560. The van der Waals surface area contributed by atoms with E-state index in [9.17, 15) is 0 Å². The van der Waals surface area contributed by atoms with Crippen molar-refractivity contribution in [2.24, 2.45) is 0 Å². The van der Waals surface area contributed by atoms with Crippen molar-refractivity contribution >= 4 is 0 Å².